The number of rotatable bonds is 2. The van der Waals surface area contributed by atoms with Crippen LogP contribution in [0.15, 0.2) is 0 Å². The summed E-state index contributed by atoms with van der Waals surface area (Å²) in [6, 6.07) is 0. The van der Waals surface area contributed by atoms with Gasteiger partial charge in [0, 0.05) is 6.42 Å². The monoisotopic (exact) mass is 228 g/mol. The standard InChI is InChI=1S/C5H6F6OS/c6-4(7,8)3(12,1-2-13)5(9,10)11/h12-13H,1-2H2. The zero-order chi connectivity index (χ0) is 10.9. The molecule has 0 unspecified atom stereocenters. The van der Waals surface area contributed by atoms with Gasteiger partial charge in [0.25, 0.3) is 5.60 Å². The van der Waals surface area contributed by atoms with Gasteiger partial charge in [-0.2, -0.15) is 39.0 Å². The quantitative estimate of drug-likeness (QED) is 0.548. The lowest BCUT2D eigenvalue weighted by Gasteiger charge is -2.31. The molecule has 0 aliphatic carbocycles. The summed E-state index contributed by atoms with van der Waals surface area (Å²) in [4.78, 5) is 0. The highest BCUT2D eigenvalue weighted by Crippen LogP contribution is 2.45. The minimum Gasteiger partial charge on any atom is -0.374 e. The van der Waals surface area contributed by atoms with Gasteiger partial charge in [-0.15, -0.1) is 0 Å². The van der Waals surface area contributed by atoms with Crippen LogP contribution in [0.5, 0.6) is 0 Å². The molecule has 0 aliphatic heterocycles. The molecule has 0 aromatic carbocycles. The molecule has 80 valence electrons. The summed E-state index contributed by atoms with van der Waals surface area (Å²) < 4.78 is 70.7. The van der Waals surface area contributed by atoms with Gasteiger partial charge in [-0.3, -0.25) is 0 Å². The Bertz CT molecular complexity index is 159. The molecule has 8 heteroatoms. The summed E-state index contributed by atoms with van der Waals surface area (Å²) in [5.41, 5.74) is -4.65. The molecule has 0 amide bonds. The van der Waals surface area contributed by atoms with E-state index in [-0.39, 0.29) is 0 Å². The molecule has 1 nitrogen and oxygen atoms in total. The van der Waals surface area contributed by atoms with Crippen molar-refractivity contribution >= 4 is 12.6 Å². The minimum atomic E-state index is -5.73. The van der Waals surface area contributed by atoms with Crippen LogP contribution in [0.2, 0.25) is 0 Å². The third kappa shape index (κ3) is 2.43. The average molecular weight is 228 g/mol. The minimum absolute atomic E-state index is 0.713. The first-order valence-electron chi connectivity index (χ1n) is 3.03. The third-order valence-electron chi connectivity index (χ3n) is 1.41. The maximum Gasteiger partial charge on any atom is 0.426 e. The van der Waals surface area contributed by atoms with Crippen molar-refractivity contribution in [1.82, 2.24) is 0 Å². The van der Waals surface area contributed by atoms with Gasteiger partial charge in [-0.1, -0.05) is 0 Å². The van der Waals surface area contributed by atoms with Gasteiger partial charge in [0.15, 0.2) is 0 Å². The van der Waals surface area contributed by atoms with Gasteiger partial charge in [0.05, 0.1) is 0 Å². The van der Waals surface area contributed by atoms with Crippen LogP contribution >= 0.6 is 12.6 Å². The number of hydrogen-bond donors (Lipinski definition) is 2. The maximum atomic E-state index is 11.8. The normalized spacial score (nSPS) is 14.8. The number of hydrogen-bond acceptors (Lipinski definition) is 2. The van der Waals surface area contributed by atoms with Gasteiger partial charge >= 0.3 is 12.4 Å². The molecular formula is C5H6F6OS. The van der Waals surface area contributed by atoms with Gasteiger partial charge in [0.1, 0.15) is 0 Å². The van der Waals surface area contributed by atoms with Crippen molar-refractivity contribution in [3.63, 3.8) is 0 Å². The molecule has 0 saturated carbocycles. The highest BCUT2D eigenvalue weighted by Gasteiger charge is 2.69. The second kappa shape index (κ2) is 3.56. The van der Waals surface area contributed by atoms with E-state index in [1.165, 1.54) is 0 Å². The number of halogens is 6. The van der Waals surface area contributed by atoms with Crippen LogP contribution in [-0.4, -0.2) is 28.8 Å². The summed E-state index contributed by atoms with van der Waals surface area (Å²) in [6.45, 7) is 0. The lowest BCUT2D eigenvalue weighted by atomic mass is 10.00. The van der Waals surface area contributed by atoms with Crippen molar-refractivity contribution in [3.8, 4) is 0 Å². The fourth-order valence-electron chi connectivity index (χ4n) is 0.606. The lowest BCUT2D eigenvalue weighted by molar-refractivity contribution is -0.368. The van der Waals surface area contributed by atoms with Crippen LogP contribution in [0.25, 0.3) is 0 Å². The predicted octanol–water partition coefficient (Wildman–Crippen LogP) is 2.16. The fourth-order valence-corrected chi connectivity index (χ4v) is 0.930. The topological polar surface area (TPSA) is 20.2 Å². The van der Waals surface area contributed by atoms with E-state index in [4.69, 9.17) is 5.11 Å². The molecule has 13 heavy (non-hydrogen) atoms. The van der Waals surface area contributed by atoms with Crippen LogP contribution < -0.4 is 0 Å². The average Bonchev–Trinajstić information content (AvgIpc) is 1.82. The van der Waals surface area contributed by atoms with Gasteiger partial charge < -0.3 is 5.11 Å². The number of thiol groups is 1. The molecule has 0 fully saturated rings. The Balaban J connectivity index is 4.96. The van der Waals surface area contributed by atoms with Crippen LogP contribution in [-0.2, 0) is 0 Å². The Kier molecular flexibility index (Phi) is 3.53. The summed E-state index contributed by atoms with van der Waals surface area (Å²) in [6.07, 6.45) is -13.0. The summed E-state index contributed by atoms with van der Waals surface area (Å²) in [7, 11) is 0. The predicted molar refractivity (Wildman–Crippen MR) is 35.5 cm³/mol. The highest BCUT2D eigenvalue weighted by molar-refractivity contribution is 7.80. The number of aliphatic hydroxyl groups is 1. The van der Waals surface area contributed by atoms with Crippen molar-refractivity contribution in [2.45, 2.75) is 24.4 Å². The second-order valence-corrected chi connectivity index (χ2v) is 2.78. The molecule has 0 rings (SSSR count). The lowest BCUT2D eigenvalue weighted by Crippen LogP contribution is -2.57. The van der Waals surface area contributed by atoms with Gasteiger partial charge in [-0.25, -0.2) is 0 Å². The Morgan fingerprint density at radius 3 is 1.31 bits per heavy atom. The SMILES string of the molecule is OC(CCS)(C(F)(F)F)C(F)(F)F. The van der Waals surface area contributed by atoms with E-state index in [9.17, 15) is 26.3 Å². The van der Waals surface area contributed by atoms with E-state index in [1.807, 2.05) is 0 Å². The largest absolute Gasteiger partial charge is 0.426 e. The number of alkyl halides is 6. The van der Waals surface area contributed by atoms with Gasteiger partial charge in [-0.05, 0) is 5.75 Å². The molecule has 0 saturated heterocycles. The van der Waals surface area contributed by atoms with E-state index in [1.54, 1.807) is 0 Å². The summed E-state index contributed by atoms with van der Waals surface area (Å²) >= 11 is 3.22. The van der Waals surface area contributed by atoms with Crippen molar-refractivity contribution in [1.29, 1.82) is 0 Å². The Hall–Kier alpha value is -0.110. The maximum absolute atomic E-state index is 11.8. The Labute approximate surface area is 75.1 Å². The highest BCUT2D eigenvalue weighted by atomic mass is 32.1. The van der Waals surface area contributed by atoms with E-state index >= 15 is 0 Å². The molecule has 0 bridgehead atoms. The molecular weight excluding hydrogens is 222 g/mol. The van der Waals surface area contributed by atoms with E-state index < -0.39 is 30.1 Å². The molecule has 0 heterocycles. The van der Waals surface area contributed by atoms with Crippen LogP contribution in [0.3, 0.4) is 0 Å². The van der Waals surface area contributed by atoms with E-state index in [2.05, 4.69) is 12.6 Å². The van der Waals surface area contributed by atoms with Crippen molar-refractivity contribution in [2.75, 3.05) is 5.75 Å². The van der Waals surface area contributed by atoms with Crippen molar-refractivity contribution in [3.05, 3.63) is 0 Å². The first-order valence-corrected chi connectivity index (χ1v) is 3.66. The zero-order valence-electron chi connectivity index (χ0n) is 6.08. The second-order valence-electron chi connectivity index (χ2n) is 2.33. The zero-order valence-corrected chi connectivity index (χ0v) is 6.97. The van der Waals surface area contributed by atoms with Gasteiger partial charge in [0.2, 0.25) is 0 Å². The molecule has 0 aromatic heterocycles. The first-order chi connectivity index (χ1) is 5.56. The molecule has 0 atom stereocenters. The van der Waals surface area contributed by atoms with E-state index in [0.717, 1.165) is 0 Å². The third-order valence-corrected chi connectivity index (χ3v) is 1.64. The molecule has 0 spiro atoms. The van der Waals surface area contributed by atoms with Crippen LogP contribution in [0.1, 0.15) is 6.42 Å². The molecule has 1 N–H and O–H groups in total. The van der Waals surface area contributed by atoms with Crippen LogP contribution in [0.4, 0.5) is 26.3 Å². The Morgan fingerprint density at radius 1 is 0.923 bits per heavy atom. The first kappa shape index (κ1) is 12.9. The fraction of sp³-hybridized carbons (Fsp3) is 1.00. The smallest absolute Gasteiger partial charge is 0.374 e. The molecule has 0 aliphatic rings. The Morgan fingerprint density at radius 2 is 1.23 bits per heavy atom. The molecule has 0 aromatic rings. The van der Waals surface area contributed by atoms with Crippen LogP contribution in [0, 0.1) is 0 Å². The van der Waals surface area contributed by atoms with Crippen molar-refractivity contribution < 1.29 is 31.4 Å². The summed E-state index contributed by atoms with van der Waals surface area (Å²) in [5, 5.41) is 8.39. The summed E-state index contributed by atoms with van der Waals surface area (Å²) in [5.74, 6) is -0.713. The van der Waals surface area contributed by atoms with Crippen molar-refractivity contribution in [2.24, 2.45) is 0 Å². The van der Waals surface area contributed by atoms with E-state index in [0.29, 0.717) is 0 Å². The molecule has 0 radical (unpaired) electrons.